The summed E-state index contributed by atoms with van der Waals surface area (Å²) in [5.41, 5.74) is 16.1. The monoisotopic (exact) mass is 285 g/mol. The number of hydrogen-bond donors (Lipinski definition) is 3. The van der Waals surface area contributed by atoms with E-state index >= 15 is 0 Å². The number of anilines is 4. The fourth-order valence-corrected chi connectivity index (χ4v) is 1.50. The Labute approximate surface area is 119 Å². The molecular weight excluding hydrogens is 269 g/mol. The lowest BCUT2D eigenvalue weighted by Crippen LogP contribution is -1.96. The zero-order valence-corrected chi connectivity index (χ0v) is 11.6. The van der Waals surface area contributed by atoms with Gasteiger partial charge in [0.2, 0.25) is 0 Å². The lowest BCUT2D eigenvalue weighted by Gasteiger charge is -2.10. The summed E-state index contributed by atoms with van der Waals surface area (Å²) in [4.78, 5) is 0. The lowest BCUT2D eigenvalue weighted by molar-refractivity contribution is 1.45. The summed E-state index contributed by atoms with van der Waals surface area (Å²) in [5.74, 6) is 0. The number of nitrogens with two attached hydrogens (primary N) is 2. The van der Waals surface area contributed by atoms with Crippen LogP contribution < -0.4 is 16.8 Å². The lowest BCUT2D eigenvalue weighted by atomic mass is 10.2. The fraction of sp³-hybridized carbons (Fsp3) is 0.0769. The minimum atomic E-state index is 0. The van der Waals surface area contributed by atoms with Crippen molar-refractivity contribution in [2.45, 2.75) is 6.92 Å². The summed E-state index contributed by atoms with van der Waals surface area (Å²) in [5, 5.41) is 3.26. The Balaban J connectivity index is 0.00000144. The molecule has 0 radical (unpaired) electrons. The first-order chi connectivity index (χ1) is 7.65. The maximum Gasteiger partial charge on any atom is 0.0620 e. The van der Waals surface area contributed by atoms with E-state index in [1.807, 2.05) is 49.4 Å². The number of nitrogen functional groups attached to an aromatic ring is 2. The van der Waals surface area contributed by atoms with Crippen molar-refractivity contribution in [1.29, 1.82) is 0 Å². The molecule has 0 amide bonds. The highest BCUT2D eigenvalue weighted by Gasteiger charge is 1.99. The molecule has 0 saturated heterocycles. The van der Waals surface area contributed by atoms with E-state index in [0.29, 0.717) is 0 Å². The van der Waals surface area contributed by atoms with Crippen LogP contribution in [0.5, 0.6) is 0 Å². The third-order valence-corrected chi connectivity index (χ3v) is 2.40. The van der Waals surface area contributed by atoms with E-state index in [1.165, 1.54) is 5.56 Å². The van der Waals surface area contributed by atoms with Crippen LogP contribution in [0, 0.1) is 6.92 Å². The van der Waals surface area contributed by atoms with Gasteiger partial charge in [0.05, 0.1) is 11.4 Å². The Kier molecular flexibility index (Phi) is 6.37. The molecule has 0 aliphatic rings. The normalized spacial score (nSPS) is 8.94. The van der Waals surface area contributed by atoms with Crippen LogP contribution in [0.3, 0.4) is 0 Å². The van der Waals surface area contributed by atoms with Crippen molar-refractivity contribution >= 4 is 47.6 Å². The van der Waals surface area contributed by atoms with Crippen LogP contribution in [-0.4, -0.2) is 0 Å². The van der Waals surface area contributed by atoms with Crippen molar-refractivity contribution in [1.82, 2.24) is 0 Å². The predicted octanol–water partition coefficient (Wildman–Crippen LogP) is 3.75. The summed E-state index contributed by atoms with van der Waals surface area (Å²) in [6.07, 6.45) is 0. The molecule has 18 heavy (non-hydrogen) atoms. The van der Waals surface area contributed by atoms with E-state index in [-0.39, 0.29) is 24.8 Å². The molecule has 0 bridgehead atoms. The van der Waals surface area contributed by atoms with Gasteiger partial charge in [-0.2, -0.15) is 0 Å². The molecule has 0 aromatic heterocycles. The van der Waals surface area contributed by atoms with Crippen LogP contribution in [0.4, 0.5) is 22.7 Å². The molecule has 0 aliphatic carbocycles. The van der Waals surface area contributed by atoms with E-state index in [2.05, 4.69) is 5.32 Å². The van der Waals surface area contributed by atoms with Crippen molar-refractivity contribution in [3.05, 3.63) is 48.0 Å². The van der Waals surface area contributed by atoms with Gasteiger partial charge >= 0.3 is 0 Å². The van der Waals surface area contributed by atoms with E-state index < -0.39 is 0 Å². The molecule has 5 N–H and O–H groups in total. The van der Waals surface area contributed by atoms with Gasteiger partial charge in [0.25, 0.3) is 0 Å². The molecule has 0 aliphatic heterocycles. The Morgan fingerprint density at radius 1 is 0.889 bits per heavy atom. The number of benzene rings is 2. The molecule has 3 nitrogen and oxygen atoms in total. The summed E-state index contributed by atoms with van der Waals surface area (Å²) < 4.78 is 0. The summed E-state index contributed by atoms with van der Waals surface area (Å²) in [7, 11) is 0. The van der Waals surface area contributed by atoms with Crippen LogP contribution in [0.2, 0.25) is 0 Å². The zero-order valence-electron chi connectivity index (χ0n) is 10.0. The van der Waals surface area contributed by atoms with Gasteiger partial charge in [-0.15, -0.1) is 24.8 Å². The Morgan fingerprint density at radius 2 is 1.50 bits per heavy atom. The van der Waals surface area contributed by atoms with Gasteiger partial charge in [0.1, 0.15) is 0 Å². The maximum absolute atomic E-state index is 5.88. The van der Waals surface area contributed by atoms with Crippen molar-refractivity contribution in [2.24, 2.45) is 0 Å². The minimum absolute atomic E-state index is 0. The van der Waals surface area contributed by atoms with Gasteiger partial charge in [-0.05, 0) is 48.9 Å². The predicted molar refractivity (Wildman–Crippen MR) is 84.2 cm³/mol. The van der Waals surface area contributed by atoms with Gasteiger partial charge in [-0.1, -0.05) is 6.07 Å². The average molecular weight is 286 g/mol. The van der Waals surface area contributed by atoms with E-state index in [0.717, 1.165) is 22.7 Å². The highest BCUT2D eigenvalue weighted by molar-refractivity contribution is 5.85. The van der Waals surface area contributed by atoms with Gasteiger partial charge in [0.15, 0.2) is 0 Å². The molecule has 0 unspecified atom stereocenters. The highest BCUT2D eigenvalue weighted by Crippen LogP contribution is 2.24. The average Bonchev–Trinajstić information content (AvgIpc) is 2.27. The minimum Gasteiger partial charge on any atom is -0.399 e. The third-order valence-electron chi connectivity index (χ3n) is 2.40. The van der Waals surface area contributed by atoms with Crippen molar-refractivity contribution in [3.63, 3.8) is 0 Å². The topological polar surface area (TPSA) is 64.1 Å². The number of aryl methyl sites for hydroxylation is 1. The largest absolute Gasteiger partial charge is 0.399 e. The van der Waals surface area contributed by atoms with Gasteiger partial charge in [-0.3, -0.25) is 0 Å². The molecule has 0 spiro atoms. The van der Waals surface area contributed by atoms with Crippen molar-refractivity contribution in [3.8, 4) is 0 Å². The zero-order chi connectivity index (χ0) is 11.5. The Bertz CT molecular complexity index is 498. The number of halogens is 2. The van der Waals surface area contributed by atoms with E-state index in [1.54, 1.807) is 0 Å². The van der Waals surface area contributed by atoms with Crippen LogP contribution in [0.15, 0.2) is 42.5 Å². The third kappa shape index (κ3) is 4.02. The summed E-state index contributed by atoms with van der Waals surface area (Å²) in [6.45, 7) is 2.04. The first-order valence-electron chi connectivity index (χ1n) is 5.14. The van der Waals surface area contributed by atoms with Gasteiger partial charge in [0, 0.05) is 11.4 Å². The molecule has 2 rings (SSSR count). The number of rotatable bonds is 2. The number of hydrogen-bond acceptors (Lipinski definition) is 3. The molecule has 0 fully saturated rings. The molecule has 0 atom stereocenters. The van der Waals surface area contributed by atoms with Crippen LogP contribution in [0.25, 0.3) is 0 Å². The van der Waals surface area contributed by atoms with E-state index in [4.69, 9.17) is 11.5 Å². The molecule has 98 valence electrons. The molecule has 2 aromatic carbocycles. The quantitative estimate of drug-likeness (QED) is 0.737. The summed E-state index contributed by atoms with van der Waals surface area (Å²) in [6, 6.07) is 13.5. The second-order valence-electron chi connectivity index (χ2n) is 3.84. The Morgan fingerprint density at radius 3 is 2.11 bits per heavy atom. The van der Waals surface area contributed by atoms with E-state index in [9.17, 15) is 0 Å². The molecular formula is C13H17Cl2N3. The highest BCUT2D eigenvalue weighted by atomic mass is 35.5. The van der Waals surface area contributed by atoms with Crippen LogP contribution in [0.1, 0.15) is 5.56 Å². The van der Waals surface area contributed by atoms with Crippen LogP contribution in [-0.2, 0) is 0 Å². The SMILES string of the molecule is Cc1ccc(N)c(Nc2ccc(N)cc2)c1.Cl.Cl. The van der Waals surface area contributed by atoms with Gasteiger partial charge < -0.3 is 16.8 Å². The maximum atomic E-state index is 5.88. The second kappa shape index (κ2) is 6.99. The Hall–Kier alpha value is -1.58. The second-order valence-corrected chi connectivity index (χ2v) is 3.84. The molecule has 0 saturated carbocycles. The number of nitrogens with one attached hydrogen (secondary N) is 1. The first-order valence-corrected chi connectivity index (χ1v) is 5.14. The van der Waals surface area contributed by atoms with Crippen LogP contribution >= 0.6 is 24.8 Å². The molecule has 5 heteroatoms. The van der Waals surface area contributed by atoms with Crippen molar-refractivity contribution in [2.75, 3.05) is 16.8 Å². The fourth-order valence-electron chi connectivity index (χ4n) is 1.50. The first kappa shape index (κ1) is 16.4. The smallest absolute Gasteiger partial charge is 0.0620 e. The molecule has 0 heterocycles. The standard InChI is InChI=1S/C13H15N3.2ClH/c1-9-2-7-12(15)13(8-9)16-11-5-3-10(14)4-6-11;;/h2-8,16H,14-15H2,1H3;2*1H. The van der Waals surface area contributed by atoms with Gasteiger partial charge in [-0.25, -0.2) is 0 Å². The van der Waals surface area contributed by atoms with Crippen molar-refractivity contribution < 1.29 is 0 Å². The summed E-state index contributed by atoms with van der Waals surface area (Å²) >= 11 is 0. The molecule has 2 aromatic rings.